The van der Waals surface area contributed by atoms with E-state index in [1.165, 1.54) is 12.8 Å². The van der Waals surface area contributed by atoms with Crippen LogP contribution in [0.4, 0.5) is 0 Å². The lowest BCUT2D eigenvalue weighted by Gasteiger charge is -2.32. The van der Waals surface area contributed by atoms with Crippen molar-refractivity contribution < 1.29 is 14.1 Å². The lowest BCUT2D eigenvalue weighted by atomic mass is 9.96. The second-order valence-corrected chi connectivity index (χ2v) is 8.33. The first kappa shape index (κ1) is 21.5. The summed E-state index contributed by atoms with van der Waals surface area (Å²) in [6.07, 6.45) is 7.00. The van der Waals surface area contributed by atoms with Crippen LogP contribution >= 0.6 is 11.3 Å². The van der Waals surface area contributed by atoms with Crippen molar-refractivity contribution >= 4 is 23.2 Å². The molecule has 0 aromatic carbocycles. The number of hydrogen-bond donors (Lipinski definition) is 1. The topological polar surface area (TPSA) is 88.3 Å². The largest absolute Gasteiger partial charge is 0.356 e. The van der Waals surface area contributed by atoms with Crippen LogP contribution in [0, 0.1) is 5.92 Å². The average molecular weight is 419 g/mol. The van der Waals surface area contributed by atoms with E-state index in [-0.39, 0.29) is 17.7 Å². The van der Waals surface area contributed by atoms with E-state index in [4.69, 9.17) is 4.52 Å². The molecule has 3 rings (SSSR count). The number of amides is 2. The summed E-state index contributed by atoms with van der Waals surface area (Å²) in [5, 5.41) is 10.9. The van der Waals surface area contributed by atoms with Crippen molar-refractivity contribution in [3.63, 3.8) is 0 Å². The van der Waals surface area contributed by atoms with Gasteiger partial charge in [-0.2, -0.15) is 16.3 Å². The van der Waals surface area contributed by atoms with Gasteiger partial charge in [0.2, 0.25) is 23.5 Å². The summed E-state index contributed by atoms with van der Waals surface area (Å²) >= 11 is 1.58. The number of hydrogen-bond acceptors (Lipinski definition) is 6. The predicted octanol–water partition coefficient (Wildman–Crippen LogP) is 3.67. The van der Waals surface area contributed by atoms with Gasteiger partial charge in [0.25, 0.3) is 0 Å². The van der Waals surface area contributed by atoms with Crippen LogP contribution < -0.4 is 5.32 Å². The molecule has 0 saturated carbocycles. The fraction of sp³-hybridized carbons (Fsp3) is 0.619. The van der Waals surface area contributed by atoms with Gasteiger partial charge < -0.3 is 14.7 Å². The van der Waals surface area contributed by atoms with Gasteiger partial charge in [0.1, 0.15) is 0 Å². The fourth-order valence-electron chi connectivity index (χ4n) is 3.56. The molecule has 0 radical (unpaired) electrons. The number of unbranched alkanes of at least 4 members (excludes halogenated alkanes) is 3. The van der Waals surface area contributed by atoms with E-state index < -0.39 is 0 Å². The minimum atomic E-state index is -0.104. The average Bonchev–Trinajstić information content (AvgIpc) is 3.43. The van der Waals surface area contributed by atoms with Gasteiger partial charge in [-0.15, -0.1) is 0 Å². The third-order valence-electron chi connectivity index (χ3n) is 5.27. The maximum absolute atomic E-state index is 12.6. The summed E-state index contributed by atoms with van der Waals surface area (Å²) < 4.78 is 5.27. The molecule has 1 atom stereocenters. The van der Waals surface area contributed by atoms with Gasteiger partial charge >= 0.3 is 0 Å². The lowest BCUT2D eigenvalue weighted by Crippen LogP contribution is -2.45. The highest BCUT2D eigenvalue weighted by Gasteiger charge is 2.28. The lowest BCUT2D eigenvalue weighted by molar-refractivity contribution is -0.135. The summed E-state index contributed by atoms with van der Waals surface area (Å²) in [5.41, 5.74) is 0.927. The monoisotopic (exact) mass is 418 g/mol. The van der Waals surface area contributed by atoms with Crippen LogP contribution in [-0.4, -0.2) is 46.5 Å². The van der Waals surface area contributed by atoms with E-state index in [0.717, 1.165) is 37.8 Å². The van der Waals surface area contributed by atoms with Crippen molar-refractivity contribution in [3.05, 3.63) is 22.7 Å². The van der Waals surface area contributed by atoms with Crippen LogP contribution in [0.15, 0.2) is 21.3 Å². The van der Waals surface area contributed by atoms with E-state index in [1.54, 1.807) is 16.2 Å². The molecule has 29 heavy (non-hydrogen) atoms. The summed E-state index contributed by atoms with van der Waals surface area (Å²) in [6, 6.07) is 1.94. The van der Waals surface area contributed by atoms with E-state index >= 15 is 0 Å². The molecule has 0 bridgehead atoms. The number of likely N-dealkylation sites (tertiary alicyclic amines) is 1. The van der Waals surface area contributed by atoms with Crippen LogP contribution in [0.2, 0.25) is 0 Å². The third kappa shape index (κ3) is 6.39. The minimum Gasteiger partial charge on any atom is -0.356 e. The number of nitrogens with zero attached hydrogens (tertiary/aromatic N) is 3. The maximum atomic E-state index is 12.6. The predicted molar refractivity (Wildman–Crippen MR) is 112 cm³/mol. The number of aromatic nitrogens is 2. The summed E-state index contributed by atoms with van der Waals surface area (Å²) in [5.74, 6) is 1.05. The number of nitrogens with one attached hydrogen (secondary N) is 1. The summed E-state index contributed by atoms with van der Waals surface area (Å²) in [4.78, 5) is 31.2. The molecule has 158 valence electrons. The van der Waals surface area contributed by atoms with E-state index in [0.29, 0.717) is 37.6 Å². The molecule has 1 fully saturated rings. The van der Waals surface area contributed by atoms with Crippen molar-refractivity contribution in [1.29, 1.82) is 0 Å². The number of carbonyl (C=O) groups excluding carboxylic acids is 2. The summed E-state index contributed by atoms with van der Waals surface area (Å²) in [6.45, 7) is 4.12. The Hall–Kier alpha value is -2.22. The standard InChI is InChI=1S/C21H30N4O3S/c1-2-3-4-5-11-22-21(27)16-7-6-12-25(14-16)19(26)9-8-18-23-20(24-28-18)17-10-13-29-15-17/h10,13,15-16H,2-9,11-12,14H2,1H3,(H,22,27). The summed E-state index contributed by atoms with van der Waals surface area (Å²) in [7, 11) is 0. The number of carbonyl (C=O) groups is 2. The van der Waals surface area contributed by atoms with Crippen molar-refractivity contribution in [2.45, 2.75) is 58.3 Å². The van der Waals surface area contributed by atoms with Gasteiger partial charge in [0, 0.05) is 43.4 Å². The quantitative estimate of drug-likeness (QED) is 0.595. The molecule has 1 N–H and O–H groups in total. The Balaban J connectivity index is 1.41. The second-order valence-electron chi connectivity index (χ2n) is 7.55. The van der Waals surface area contributed by atoms with Crippen LogP contribution in [-0.2, 0) is 16.0 Å². The minimum absolute atomic E-state index is 0.0423. The first-order valence-electron chi connectivity index (χ1n) is 10.6. The van der Waals surface area contributed by atoms with E-state index in [2.05, 4.69) is 22.4 Å². The molecule has 3 heterocycles. The first-order valence-corrected chi connectivity index (χ1v) is 11.5. The Morgan fingerprint density at radius 1 is 1.34 bits per heavy atom. The number of aryl methyl sites for hydroxylation is 1. The highest BCUT2D eigenvalue weighted by Crippen LogP contribution is 2.20. The number of piperidine rings is 1. The zero-order chi connectivity index (χ0) is 20.5. The number of rotatable bonds is 10. The van der Waals surface area contributed by atoms with E-state index in [9.17, 15) is 9.59 Å². The molecule has 2 aromatic heterocycles. The normalized spacial score (nSPS) is 16.7. The molecule has 0 aliphatic carbocycles. The highest BCUT2D eigenvalue weighted by atomic mass is 32.1. The van der Waals surface area contributed by atoms with Gasteiger partial charge in [-0.1, -0.05) is 31.3 Å². The van der Waals surface area contributed by atoms with Crippen LogP contribution in [0.1, 0.15) is 57.8 Å². The number of thiophene rings is 1. The molecule has 1 unspecified atom stereocenters. The maximum Gasteiger partial charge on any atom is 0.227 e. The van der Waals surface area contributed by atoms with Crippen molar-refractivity contribution in [2.24, 2.45) is 5.92 Å². The second kappa shape index (κ2) is 11.1. The zero-order valence-electron chi connectivity index (χ0n) is 17.1. The Kier molecular flexibility index (Phi) is 8.22. The van der Waals surface area contributed by atoms with E-state index in [1.807, 2.05) is 16.8 Å². The Labute approximate surface area is 175 Å². The Morgan fingerprint density at radius 3 is 3.03 bits per heavy atom. The van der Waals surface area contributed by atoms with Gasteiger partial charge in [-0.3, -0.25) is 9.59 Å². The molecule has 7 nitrogen and oxygen atoms in total. The molecule has 1 saturated heterocycles. The van der Waals surface area contributed by atoms with Gasteiger partial charge in [-0.05, 0) is 30.7 Å². The Bertz CT molecular complexity index is 775. The van der Waals surface area contributed by atoms with Crippen molar-refractivity contribution in [2.75, 3.05) is 19.6 Å². The molecular weight excluding hydrogens is 388 g/mol. The van der Waals surface area contributed by atoms with Crippen LogP contribution in [0.5, 0.6) is 0 Å². The van der Waals surface area contributed by atoms with Crippen molar-refractivity contribution in [1.82, 2.24) is 20.4 Å². The molecule has 1 aliphatic rings. The smallest absolute Gasteiger partial charge is 0.227 e. The molecule has 0 spiro atoms. The molecule has 2 aromatic rings. The molecule has 2 amide bonds. The van der Waals surface area contributed by atoms with Crippen molar-refractivity contribution in [3.8, 4) is 11.4 Å². The SMILES string of the molecule is CCCCCCNC(=O)C1CCCN(C(=O)CCc2nc(-c3ccsc3)no2)C1. The van der Waals surface area contributed by atoms with Gasteiger partial charge in [0.15, 0.2) is 0 Å². The van der Waals surface area contributed by atoms with Crippen LogP contribution in [0.25, 0.3) is 11.4 Å². The molecule has 8 heteroatoms. The first-order chi connectivity index (χ1) is 14.2. The molecule has 1 aliphatic heterocycles. The van der Waals surface area contributed by atoms with Gasteiger partial charge in [-0.25, -0.2) is 0 Å². The van der Waals surface area contributed by atoms with Crippen LogP contribution in [0.3, 0.4) is 0 Å². The Morgan fingerprint density at radius 2 is 2.24 bits per heavy atom. The van der Waals surface area contributed by atoms with Gasteiger partial charge in [0.05, 0.1) is 5.92 Å². The highest BCUT2D eigenvalue weighted by molar-refractivity contribution is 7.08. The zero-order valence-corrected chi connectivity index (χ0v) is 17.9. The third-order valence-corrected chi connectivity index (χ3v) is 5.96. The fourth-order valence-corrected chi connectivity index (χ4v) is 4.20. The molecular formula is C21H30N4O3S.